The predicted molar refractivity (Wildman–Crippen MR) is 75.8 cm³/mol. The van der Waals surface area contributed by atoms with Crippen LogP contribution in [0.5, 0.6) is 0 Å². The van der Waals surface area contributed by atoms with Gasteiger partial charge >= 0.3 is 0 Å². The van der Waals surface area contributed by atoms with E-state index in [1.165, 1.54) is 0 Å². The molecule has 18 heavy (non-hydrogen) atoms. The van der Waals surface area contributed by atoms with Gasteiger partial charge in [-0.25, -0.2) is 4.99 Å². The summed E-state index contributed by atoms with van der Waals surface area (Å²) < 4.78 is 0. The van der Waals surface area contributed by atoms with E-state index in [1.807, 2.05) is 67.6 Å². The summed E-state index contributed by atoms with van der Waals surface area (Å²) in [6.45, 7) is 1.95. The molecule has 0 unspecified atom stereocenters. The van der Waals surface area contributed by atoms with Crippen LogP contribution >= 0.6 is 0 Å². The first-order valence-corrected chi connectivity index (χ1v) is 5.75. The molecule has 0 saturated heterocycles. The average Bonchev–Trinajstić information content (AvgIpc) is 2.46. The van der Waals surface area contributed by atoms with E-state index in [0.717, 1.165) is 16.8 Å². The van der Waals surface area contributed by atoms with Gasteiger partial charge in [0, 0.05) is 11.3 Å². The van der Waals surface area contributed by atoms with Crippen molar-refractivity contribution in [1.29, 1.82) is 0 Å². The summed E-state index contributed by atoms with van der Waals surface area (Å²) in [7, 11) is 0. The lowest BCUT2D eigenvalue weighted by molar-refractivity contribution is 1.23. The fraction of sp³-hybridized carbons (Fsp3) is 0.0667. The first-order chi connectivity index (χ1) is 8.81. The van der Waals surface area contributed by atoms with Gasteiger partial charge in [0.1, 0.15) is 0 Å². The molecule has 0 heterocycles. The van der Waals surface area contributed by atoms with Crippen LogP contribution in [0.25, 0.3) is 0 Å². The summed E-state index contributed by atoms with van der Waals surface area (Å²) in [5.41, 5.74) is 2.87. The highest BCUT2D eigenvalue weighted by atomic mass is 15.2. The Bertz CT molecular complexity index is 557. The van der Waals surface area contributed by atoms with Gasteiger partial charge in [-0.05, 0) is 12.5 Å². The summed E-state index contributed by atoms with van der Waals surface area (Å²) in [5, 5.41) is 3.75. The zero-order valence-electron chi connectivity index (χ0n) is 10.2. The summed E-state index contributed by atoms with van der Waals surface area (Å²) in [5.74, 6) is 5.95. The predicted octanol–water partition coefficient (Wildman–Crippen LogP) is 2.82. The molecule has 2 rings (SSSR count). The van der Waals surface area contributed by atoms with Gasteiger partial charge in [-0.15, -0.1) is 0 Å². The number of hydrazone groups is 1. The zero-order chi connectivity index (χ0) is 12.8. The standard InChI is InChI=1S/C15H15N3/c1-12(13-8-4-2-5-9-13)17-15(18-16)14-10-6-3-7-11-14/h2-11H,16H2,1H3/b17-12?,18-15-. The Balaban J connectivity index is 2.32. The van der Waals surface area contributed by atoms with E-state index in [1.54, 1.807) is 0 Å². The van der Waals surface area contributed by atoms with Gasteiger partial charge in [-0.2, -0.15) is 5.10 Å². The van der Waals surface area contributed by atoms with Crippen LogP contribution in [0.2, 0.25) is 0 Å². The maximum absolute atomic E-state index is 5.41. The van der Waals surface area contributed by atoms with E-state index in [0.29, 0.717) is 5.84 Å². The minimum atomic E-state index is 0.539. The second-order valence-electron chi connectivity index (χ2n) is 3.88. The van der Waals surface area contributed by atoms with Crippen molar-refractivity contribution in [3.05, 3.63) is 71.8 Å². The second kappa shape index (κ2) is 5.77. The van der Waals surface area contributed by atoms with Crippen molar-refractivity contribution in [3.63, 3.8) is 0 Å². The van der Waals surface area contributed by atoms with Crippen LogP contribution in [0.3, 0.4) is 0 Å². The largest absolute Gasteiger partial charge is 0.321 e. The number of rotatable bonds is 2. The third kappa shape index (κ3) is 2.83. The number of aliphatic imine (C=N–C) groups is 1. The Morgan fingerprint density at radius 3 is 1.83 bits per heavy atom. The average molecular weight is 237 g/mol. The van der Waals surface area contributed by atoms with E-state index >= 15 is 0 Å². The molecule has 3 nitrogen and oxygen atoms in total. The van der Waals surface area contributed by atoms with Crippen molar-refractivity contribution in [2.45, 2.75) is 6.92 Å². The number of benzene rings is 2. The number of nitrogens with zero attached hydrogens (tertiary/aromatic N) is 2. The summed E-state index contributed by atoms with van der Waals surface area (Å²) in [4.78, 5) is 4.48. The van der Waals surface area contributed by atoms with Crippen LogP contribution in [0.15, 0.2) is 70.8 Å². The molecule has 0 amide bonds. The molecular formula is C15H15N3. The Labute approximate surface area is 107 Å². The molecule has 0 fully saturated rings. The first-order valence-electron chi connectivity index (χ1n) is 5.75. The molecule has 0 bridgehead atoms. The third-order valence-corrected chi connectivity index (χ3v) is 2.62. The van der Waals surface area contributed by atoms with E-state index in [9.17, 15) is 0 Å². The fourth-order valence-electron chi connectivity index (χ4n) is 1.66. The van der Waals surface area contributed by atoms with Crippen LogP contribution in [0.4, 0.5) is 0 Å². The van der Waals surface area contributed by atoms with Gasteiger partial charge in [0.05, 0.1) is 0 Å². The Morgan fingerprint density at radius 2 is 1.33 bits per heavy atom. The highest BCUT2D eigenvalue weighted by molar-refractivity contribution is 6.11. The lowest BCUT2D eigenvalue weighted by atomic mass is 10.1. The number of hydrogen-bond acceptors (Lipinski definition) is 2. The van der Waals surface area contributed by atoms with Crippen molar-refractivity contribution < 1.29 is 0 Å². The molecule has 0 aliphatic carbocycles. The van der Waals surface area contributed by atoms with E-state index in [-0.39, 0.29) is 0 Å². The molecule has 0 atom stereocenters. The van der Waals surface area contributed by atoms with Crippen LogP contribution in [-0.2, 0) is 0 Å². The molecule has 3 heteroatoms. The minimum Gasteiger partial charge on any atom is -0.321 e. The zero-order valence-corrected chi connectivity index (χ0v) is 10.2. The normalized spacial score (nSPS) is 12.5. The molecule has 2 N–H and O–H groups in total. The Kier molecular flexibility index (Phi) is 3.86. The molecule has 2 aromatic carbocycles. The molecular weight excluding hydrogens is 222 g/mol. The lowest BCUT2D eigenvalue weighted by Crippen LogP contribution is -2.05. The van der Waals surface area contributed by atoms with Crippen LogP contribution < -0.4 is 5.84 Å². The minimum absolute atomic E-state index is 0.539. The first kappa shape index (κ1) is 12.0. The molecule has 0 aromatic heterocycles. The van der Waals surface area contributed by atoms with E-state index in [4.69, 9.17) is 5.84 Å². The molecule has 2 aromatic rings. The summed E-state index contributed by atoms with van der Waals surface area (Å²) in [6, 6.07) is 19.7. The van der Waals surface area contributed by atoms with Crippen molar-refractivity contribution >= 4 is 11.5 Å². The molecule has 0 aliphatic heterocycles. The number of nitrogens with two attached hydrogens (primary N) is 1. The molecule has 0 radical (unpaired) electrons. The summed E-state index contributed by atoms with van der Waals surface area (Å²) >= 11 is 0. The molecule has 90 valence electrons. The van der Waals surface area contributed by atoms with E-state index in [2.05, 4.69) is 10.1 Å². The molecule has 0 saturated carbocycles. The maximum atomic E-state index is 5.41. The van der Waals surface area contributed by atoms with Crippen LogP contribution in [0, 0.1) is 0 Å². The van der Waals surface area contributed by atoms with Crippen molar-refractivity contribution in [3.8, 4) is 0 Å². The highest BCUT2D eigenvalue weighted by Crippen LogP contribution is 2.06. The van der Waals surface area contributed by atoms with Gasteiger partial charge in [-0.1, -0.05) is 60.7 Å². The summed E-state index contributed by atoms with van der Waals surface area (Å²) in [6.07, 6.45) is 0. The monoisotopic (exact) mass is 237 g/mol. The van der Waals surface area contributed by atoms with Gasteiger partial charge in [0.25, 0.3) is 0 Å². The topological polar surface area (TPSA) is 50.7 Å². The number of hydrogen-bond donors (Lipinski definition) is 1. The molecule has 0 spiro atoms. The fourth-order valence-corrected chi connectivity index (χ4v) is 1.66. The van der Waals surface area contributed by atoms with Crippen molar-refractivity contribution in [1.82, 2.24) is 0 Å². The van der Waals surface area contributed by atoms with Crippen molar-refractivity contribution in [2.24, 2.45) is 15.9 Å². The second-order valence-corrected chi connectivity index (χ2v) is 3.88. The maximum Gasteiger partial charge on any atom is 0.178 e. The van der Waals surface area contributed by atoms with Gasteiger partial charge in [0.15, 0.2) is 5.84 Å². The van der Waals surface area contributed by atoms with Gasteiger partial charge in [0.2, 0.25) is 0 Å². The van der Waals surface area contributed by atoms with E-state index < -0.39 is 0 Å². The quantitative estimate of drug-likeness (QED) is 0.371. The third-order valence-electron chi connectivity index (χ3n) is 2.62. The number of amidine groups is 1. The van der Waals surface area contributed by atoms with Gasteiger partial charge in [-0.3, -0.25) is 0 Å². The van der Waals surface area contributed by atoms with Crippen LogP contribution in [0.1, 0.15) is 18.1 Å². The highest BCUT2D eigenvalue weighted by Gasteiger charge is 2.02. The van der Waals surface area contributed by atoms with Crippen molar-refractivity contribution in [2.75, 3.05) is 0 Å². The molecule has 0 aliphatic rings. The SMILES string of the molecule is CC(=N/C(=N\N)c1ccccc1)c1ccccc1. The Morgan fingerprint density at radius 1 is 0.833 bits per heavy atom. The van der Waals surface area contributed by atoms with Crippen LogP contribution in [-0.4, -0.2) is 11.5 Å². The Hall–Kier alpha value is -2.42. The van der Waals surface area contributed by atoms with Gasteiger partial charge < -0.3 is 5.84 Å². The smallest absolute Gasteiger partial charge is 0.178 e. The lowest BCUT2D eigenvalue weighted by Gasteiger charge is -2.03.